The molecule has 0 saturated carbocycles. The molecule has 12 heavy (non-hydrogen) atoms. The summed E-state index contributed by atoms with van der Waals surface area (Å²) in [6.07, 6.45) is 1.29. The van der Waals surface area contributed by atoms with Crippen molar-refractivity contribution >= 4 is 5.91 Å². The van der Waals surface area contributed by atoms with Crippen LogP contribution in [0.25, 0.3) is 0 Å². The summed E-state index contributed by atoms with van der Waals surface area (Å²) in [6.45, 7) is 9.16. The molecule has 0 bridgehead atoms. The molecule has 0 atom stereocenters. The lowest BCUT2D eigenvalue weighted by Gasteiger charge is -2.20. The monoisotopic (exact) mass is 170 g/mol. The highest BCUT2D eigenvalue weighted by Crippen LogP contribution is 1.90. The van der Waals surface area contributed by atoms with Crippen LogP contribution in [0.1, 0.15) is 13.8 Å². The zero-order valence-corrected chi connectivity index (χ0v) is 8.13. The van der Waals surface area contributed by atoms with E-state index < -0.39 is 0 Å². The summed E-state index contributed by atoms with van der Waals surface area (Å²) in [5.41, 5.74) is 0. The second-order valence-electron chi connectivity index (χ2n) is 3.07. The summed E-state index contributed by atoms with van der Waals surface area (Å²) >= 11 is 0. The van der Waals surface area contributed by atoms with Gasteiger partial charge in [-0.15, -0.1) is 0 Å². The molecule has 0 aliphatic heterocycles. The van der Waals surface area contributed by atoms with Crippen LogP contribution in [0.4, 0.5) is 0 Å². The number of rotatable bonds is 5. The van der Waals surface area contributed by atoms with Crippen molar-refractivity contribution in [2.75, 3.05) is 20.1 Å². The van der Waals surface area contributed by atoms with E-state index in [2.05, 4.69) is 30.6 Å². The number of nitrogens with one attached hydrogen (secondary N) is 1. The summed E-state index contributed by atoms with van der Waals surface area (Å²) in [7, 11) is 2.03. The van der Waals surface area contributed by atoms with Crippen LogP contribution >= 0.6 is 0 Å². The van der Waals surface area contributed by atoms with Gasteiger partial charge in [0.2, 0.25) is 5.91 Å². The van der Waals surface area contributed by atoms with Crippen molar-refractivity contribution in [1.82, 2.24) is 10.2 Å². The lowest BCUT2D eigenvalue weighted by Crippen LogP contribution is -2.35. The van der Waals surface area contributed by atoms with Gasteiger partial charge in [-0.1, -0.05) is 6.58 Å². The second kappa shape index (κ2) is 5.77. The largest absolute Gasteiger partial charge is 0.351 e. The first-order valence-electron chi connectivity index (χ1n) is 4.18. The average Bonchev–Trinajstić information content (AvgIpc) is 2.03. The molecule has 1 N–H and O–H groups in total. The quantitative estimate of drug-likeness (QED) is 0.614. The van der Waals surface area contributed by atoms with Gasteiger partial charge in [0.25, 0.3) is 0 Å². The third-order valence-corrected chi connectivity index (χ3v) is 1.83. The van der Waals surface area contributed by atoms with Crippen LogP contribution in [0.15, 0.2) is 12.7 Å². The van der Waals surface area contributed by atoms with Crippen LogP contribution in [0.3, 0.4) is 0 Å². The Kier molecular flexibility index (Phi) is 5.37. The Morgan fingerprint density at radius 3 is 2.67 bits per heavy atom. The van der Waals surface area contributed by atoms with Crippen molar-refractivity contribution in [3.05, 3.63) is 12.7 Å². The Bertz CT molecular complexity index is 155. The fourth-order valence-corrected chi connectivity index (χ4v) is 0.686. The van der Waals surface area contributed by atoms with Gasteiger partial charge in [-0.3, -0.25) is 4.79 Å². The summed E-state index contributed by atoms with van der Waals surface area (Å²) in [5, 5.41) is 2.72. The zero-order chi connectivity index (χ0) is 9.56. The SMILES string of the molecule is C=CC(=O)NCCN(C)C(C)C. The normalized spacial score (nSPS) is 10.4. The number of carbonyl (C=O) groups excluding carboxylic acids is 1. The number of nitrogens with zero attached hydrogens (tertiary/aromatic N) is 1. The van der Waals surface area contributed by atoms with Crippen molar-refractivity contribution in [3.8, 4) is 0 Å². The van der Waals surface area contributed by atoms with Gasteiger partial charge < -0.3 is 10.2 Å². The Labute approximate surface area is 74.4 Å². The predicted octanol–water partition coefficient (Wildman–Crippen LogP) is 0.629. The fourth-order valence-electron chi connectivity index (χ4n) is 0.686. The second-order valence-corrected chi connectivity index (χ2v) is 3.07. The molecule has 0 fully saturated rings. The highest BCUT2D eigenvalue weighted by molar-refractivity contribution is 5.86. The Morgan fingerprint density at radius 2 is 2.25 bits per heavy atom. The van der Waals surface area contributed by atoms with Crippen LogP contribution in [0.5, 0.6) is 0 Å². The van der Waals surface area contributed by atoms with Gasteiger partial charge in [-0.05, 0) is 27.0 Å². The molecule has 0 aliphatic carbocycles. The lowest BCUT2D eigenvalue weighted by molar-refractivity contribution is -0.116. The molecule has 0 heterocycles. The molecular weight excluding hydrogens is 152 g/mol. The molecule has 0 radical (unpaired) electrons. The number of hydrogen-bond donors (Lipinski definition) is 1. The van der Waals surface area contributed by atoms with Crippen LogP contribution in [0, 0.1) is 0 Å². The van der Waals surface area contributed by atoms with E-state index in [1.807, 2.05) is 7.05 Å². The van der Waals surface area contributed by atoms with Crippen LogP contribution in [0.2, 0.25) is 0 Å². The average molecular weight is 170 g/mol. The molecule has 0 aromatic carbocycles. The number of amides is 1. The molecule has 0 spiro atoms. The van der Waals surface area contributed by atoms with E-state index in [1.165, 1.54) is 6.08 Å². The lowest BCUT2D eigenvalue weighted by atomic mass is 10.3. The minimum Gasteiger partial charge on any atom is -0.351 e. The summed E-state index contributed by atoms with van der Waals surface area (Å²) in [6, 6.07) is 0.519. The Morgan fingerprint density at radius 1 is 1.67 bits per heavy atom. The minimum atomic E-state index is -0.104. The van der Waals surface area contributed by atoms with Gasteiger partial charge in [-0.2, -0.15) is 0 Å². The molecule has 3 heteroatoms. The third kappa shape index (κ3) is 4.91. The molecule has 3 nitrogen and oxygen atoms in total. The molecule has 0 rings (SSSR count). The van der Waals surface area contributed by atoms with Crippen molar-refractivity contribution in [2.24, 2.45) is 0 Å². The smallest absolute Gasteiger partial charge is 0.243 e. The number of hydrogen-bond acceptors (Lipinski definition) is 2. The highest BCUT2D eigenvalue weighted by atomic mass is 16.1. The summed E-state index contributed by atoms with van der Waals surface area (Å²) in [4.78, 5) is 12.9. The van der Waals surface area contributed by atoms with E-state index >= 15 is 0 Å². The van der Waals surface area contributed by atoms with Crippen molar-refractivity contribution in [1.29, 1.82) is 0 Å². The van der Waals surface area contributed by atoms with E-state index in [0.29, 0.717) is 12.6 Å². The maximum atomic E-state index is 10.7. The fraction of sp³-hybridized carbons (Fsp3) is 0.667. The van der Waals surface area contributed by atoms with E-state index in [1.54, 1.807) is 0 Å². The van der Waals surface area contributed by atoms with Crippen molar-refractivity contribution in [3.63, 3.8) is 0 Å². The van der Waals surface area contributed by atoms with Crippen LogP contribution < -0.4 is 5.32 Å². The summed E-state index contributed by atoms with van der Waals surface area (Å²) in [5.74, 6) is -0.104. The highest BCUT2D eigenvalue weighted by Gasteiger charge is 2.01. The minimum absolute atomic E-state index is 0.104. The van der Waals surface area contributed by atoms with Gasteiger partial charge >= 0.3 is 0 Å². The number of likely N-dealkylation sites (N-methyl/N-ethyl adjacent to an activating group) is 1. The molecule has 0 saturated heterocycles. The van der Waals surface area contributed by atoms with E-state index in [4.69, 9.17) is 0 Å². The maximum absolute atomic E-state index is 10.7. The van der Waals surface area contributed by atoms with E-state index in [0.717, 1.165) is 6.54 Å². The van der Waals surface area contributed by atoms with Gasteiger partial charge in [-0.25, -0.2) is 0 Å². The molecule has 70 valence electrons. The molecule has 0 unspecified atom stereocenters. The number of carbonyl (C=O) groups is 1. The van der Waals surface area contributed by atoms with Crippen molar-refractivity contribution < 1.29 is 4.79 Å². The summed E-state index contributed by atoms with van der Waals surface area (Å²) < 4.78 is 0. The third-order valence-electron chi connectivity index (χ3n) is 1.83. The molecule has 0 aromatic rings. The van der Waals surface area contributed by atoms with Gasteiger partial charge in [0.1, 0.15) is 0 Å². The zero-order valence-electron chi connectivity index (χ0n) is 8.13. The predicted molar refractivity (Wildman–Crippen MR) is 51.0 cm³/mol. The van der Waals surface area contributed by atoms with Gasteiger partial charge in [0, 0.05) is 19.1 Å². The van der Waals surface area contributed by atoms with E-state index in [-0.39, 0.29) is 5.91 Å². The van der Waals surface area contributed by atoms with Crippen LogP contribution in [-0.2, 0) is 4.79 Å². The molecule has 1 amide bonds. The first-order valence-corrected chi connectivity index (χ1v) is 4.18. The standard InChI is InChI=1S/C9H18N2O/c1-5-9(12)10-6-7-11(4)8(2)3/h5,8H,1,6-7H2,2-4H3,(H,10,12). The van der Waals surface area contributed by atoms with Crippen molar-refractivity contribution in [2.45, 2.75) is 19.9 Å². The Hall–Kier alpha value is -0.830. The molecular formula is C9H18N2O. The van der Waals surface area contributed by atoms with Gasteiger partial charge in [0.15, 0.2) is 0 Å². The molecule has 0 aliphatic rings. The van der Waals surface area contributed by atoms with Gasteiger partial charge in [0.05, 0.1) is 0 Å². The molecule has 0 aromatic heterocycles. The topological polar surface area (TPSA) is 32.3 Å². The first kappa shape index (κ1) is 11.2. The van der Waals surface area contributed by atoms with E-state index in [9.17, 15) is 4.79 Å². The van der Waals surface area contributed by atoms with Crippen LogP contribution in [-0.4, -0.2) is 37.0 Å². The maximum Gasteiger partial charge on any atom is 0.243 e. The first-order chi connectivity index (χ1) is 5.57. The Balaban J connectivity index is 3.43.